The fraction of sp³-hybridized carbons (Fsp3) is 0.333. The number of hydrogen-bond acceptors (Lipinski definition) is 7. The largest absolute Gasteiger partial charge is 0.494 e. The number of nitrogens with zero attached hydrogens (tertiary/aromatic N) is 5. The minimum atomic E-state index is 0.523. The van der Waals surface area contributed by atoms with Gasteiger partial charge in [0.1, 0.15) is 5.75 Å². The third-order valence-electron chi connectivity index (χ3n) is 7.22. The van der Waals surface area contributed by atoms with E-state index in [1.807, 2.05) is 24.4 Å². The summed E-state index contributed by atoms with van der Waals surface area (Å²) in [6.07, 6.45) is 4.04. The van der Waals surface area contributed by atoms with Gasteiger partial charge in [0.2, 0.25) is 5.95 Å². The van der Waals surface area contributed by atoms with Crippen LogP contribution < -0.4 is 20.7 Å². The third kappa shape index (κ3) is 3.83. The number of benzene rings is 2. The molecule has 35 heavy (non-hydrogen) atoms. The van der Waals surface area contributed by atoms with Gasteiger partial charge in [0.25, 0.3) is 0 Å². The van der Waals surface area contributed by atoms with Crippen LogP contribution in [0.4, 0.5) is 23.0 Å². The Bertz CT molecular complexity index is 1390. The highest BCUT2D eigenvalue weighted by atomic mass is 16.5. The van der Waals surface area contributed by atoms with E-state index >= 15 is 0 Å². The van der Waals surface area contributed by atoms with Crippen LogP contribution in [-0.4, -0.2) is 59.8 Å². The Morgan fingerprint density at radius 2 is 1.86 bits per heavy atom. The van der Waals surface area contributed by atoms with Crippen LogP contribution in [0.1, 0.15) is 12.1 Å². The predicted octanol–water partition coefficient (Wildman–Crippen LogP) is 4.13. The lowest BCUT2D eigenvalue weighted by molar-refractivity contribution is 0.313. The van der Waals surface area contributed by atoms with E-state index in [9.17, 15) is 0 Å². The third-order valence-corrected chi connectivity index (χ3v) is 7.22. The van der Waals surface area contributed by atoms with Crippen LogP contribution in [0.25, 0.3) is 22.2 Å². The maximum absolute atomic E-state index is 6.50. The summed E-state index contributed by atoms with van der Waals surface area (Å²) in [4.78, 5) is 14.1. The molecule has 3 N–H and O–H groups in total. The summed E-state index contributed by atoms with van der Waals surface area (Å²) in [6.45, 7) is 4.97. The first-order valence-corrected chi connectivity index (χ1v) is 12.2. The van der Waals surface area contributed by atoms with E-state index in [0.717, 1.165) is 62.0 Å². The minimum absolute atomic E-state index is 0.523. The van der Waals surface area contributed by atoms with E-state index in [0.29, 0.717) is 11.6 Å². The van der Waals surface area contributed by atoms with Crippen LogP contribution in [-0.2, 0) is 13.0 Å². The number of rotatable bonds is 5. The van der Waals surface area contributed by atoms with Crippen molar-refractivity contribution < 1.29 is 4.74 Å². The summed E-state index contributed by atoms with van der Waals surface area (Å²) >= 11 is 0. The molecule has 4 heterocycles. The van der Waals surface area contributed by atoms with Crippen molar-refractivity contribution in [1.29, 1.82) is 0 Å². The molecule has 0 saturated carbocycles. The van der Waals surface area contributed by atoms with Gasteiger partial charge in [0.05, 0.1) is 29.9 Å². The van der Waals surface area contributed by atoms with Crippen molar-refractivity contribution in [3.05, 3.63) is 54.4 Å². The summed E-state index contributed by atoms with van der Waals surface area (Å²) < 4.78 is 8.16. The van der Waals surface area contributed by atoms with Crippen LogP contribution in [0.15, 0.2) is 48.7 Å². The van der Waals surface area contributed by atoms with Crippen molar-refractivity contribution in [2.45, 2.75) is 19.4 Å². The van der Waals surface area contributed by atoms with Crippen LogP contribution >= 0.6 is 0 Å². The molecule has 1 saturated heterocycles. The topological polar surface area (TPSA) is 84.5 Å². The molecule has 0 amide bonds. The fourth-order valence-electron chi connectivity index (χ4n) is 5.41. The molecule has 0 aliphatic carbocycles. The van der Waals surface area contributed by atoms with Gasteiger partial charge in [-0.1, -0.05) is 18.2 Å². The number of nitrogens with one attached hydrogen (secondary N) is 1. The molecule has 180 valence electrons. The number of fused-ring (bicyclic) bond motifs is 3. The number of nitrogens with two attached hydrogens (primary N) is 1. The van der Waals surface area contributed by atoms with E-state index in [2.05, 4.69) is 56.0 Å². The van der Waals surface area contributed by atoms with Crippen molar-refractivity contribution >= 4 is 33.9 Å². The van der Waals surface area contributed by atoms with Crippen LogP contribution in [0.3, 0.4) is 0 Å². The van der Waals surface area contributed by atoms with Gasteiger partial charge in [0.15, 0.2) is 0 Å². The van der Waals surface area contributed by atoms with Gasteiger partial charge in [-0.15, -0.1) is 0 Å². The number of anilines is 4. The van der Waals surface area contributed by atoms with E-state index in [-0.39, 0.29) is 0 Å². The quantitative estimate of drug-likeness (QED) is 0.425. The Morgan fingerprint density at radius 3 is 2.69 bits per heavy atom. The lowest BCUT2D eigenvalue weighted by Crippen LogP contribution is -2.44. The standard InChI is InChI=1S/C27H31N7O/c1-32-12-14-33(15-13-32)24-17-25(35-2)21(16-19(24)28)31-27-29-10-9-20(30-27)26-18-6-3-4-7-22(18)34-11-5-8-23(26)34/h3-4,6-7,9-10,16-17H,5,8,11-15,28H2,1-2H3,(H,29,30,31). The molecule has 2 aliphatic heterocycles. The molecule has 0 unspecified atom stereocenters. The second-order valence-electron chi connectivity index (χ2n) is 9.39. The van der Waals surface area contributed by atoms with Crippen molar-refractivity contribution in [1.82, 2.24) is 19.4 Å². The molecular formula is C27H31N7O. The first-order valence-electron chi connectivity index (χ1n) is 12.2. The molecule has 6 rings (SSSR count). The Balaban J connectivity index is 1.34. The van der Waals surface area contributed by atoms with Gasteiger partial charge in [-0.3, -0.25) is 0 Å². The maximum Gasteiger partial charge on any atom is 0.227 e. The second-order valence-corrected chi connectivity index (χ2v) is 9.39. The average Bonchev–Trinajstić information content (AvgIpc) is 3.46. The molecule has 4 aromatic rings. The summed E-state index contributed by atoms with van der Waals surface area (Å²) in [5, 5.41) is 4.60. The van der Waals surface area contributed by atoms with Gasteiger partial charge in [0, 0.05) is 67.1 Å². The zero-order chi connectivity index (χ0) is 23.9. The van der Waals surface area contributed by atoms with Gasteiger partial charge < -0.3 is 30.2 Å². The summed E-state index contributed by atoms with van der Waals surface area (Å²) in [7, 11) is 3.83. The number of aromatic nitrogens is 3. The smallest absolute Gasteiger partial charge is 0.227 e. The first-order chi connectivity index (χ1) is 17.1. The van der Waals surface area contributed by atoms with E-state index in [4.69, 9.17) is 15.5 Å². The van der Waals surface area contributed by atoms with E-state index in [1.54, 1.807) is 7.11 Å². The lowest BCUT2D eigenvalue weighted by atomic mass is 10.1. The molecule has 2 aromatic heterocycles. The summed E-state index contributed by atoms with van der Waals surface area (Å²) in [5.41, 5.74) is 13.7. The Labute approximate surface area is 205 Å². The number of piperazine rings is 1. The normalized spacial score (nSPS) is 16.0. The highest BCUT2D eigenvalue weighted by Gasteiger charge is 2.23. The number of methoxy groups -OCH3 is 1. The summed E-state index contributed by atoms with van der Waals surface area (Å²) in [5.74, 6) is 1.24. The molecule has 0 bridgehead atoms. The SMILES string of the molecule is COc1cc(N2CCN(C)CC2)c(N)cc1Nc1nccc(-c2c3n(c4ccccc24)CCC3)n1. The fourth-order valence-corrected chi connectivity index (χ4v) is 5.41. The van der Waals surface area contributed by atoms with Crippen LogP contribution in [0.2, 0.25) is 0 Å². The molecule has 2 aromatic carbocycles. The summed E-state index contributed by atoms with van der Waals surface area (Å²) in [6, 6.07) is 14.5. The van der Waals surface area contributed by atoms with E-state index in [1.165, 1.54) is 28.6 Å². The number of aryl methyl sites for hydroxylation is 1. The van der Waals surface area contributed by atoms with Crippen molar-refractivity contribution in [2.24, 2.45) is 0 Å². The number of hydrogen-bond donors (Lipinski definition) is 2. The van der Waals surface area contributed by atoms with Crippen molar-refractivity contribution in [3.63, 3.8) is 0 Å². The number of nitrogen functional groups attached to an aromatic ring is 1. The molecule has 0 radical (unpaired) electrons. The van der Waals surface area contributed by atoms with Gasteiger partial charge in [-0.2, -0.15) is 0 Å². The molecule has 0 spiro atoms. The molecular weight excluding hydrogens is 438 g/mol. The molecule has 8 heteroatoms. The van der Waals surface area contributed by atoms with Gasteiger partial charge in [-0.25, -0.2) is 9.97 Å². The Hall–Kier alpha value is -3.78. The monoisotopic (exact) mass is 469 g/mol. The molecule has 0 atom stereocenters. The number of ether oxygens (including phenoxy) is 1. The second kappa shape index (κ2) is 8.78. The minimum Gasteiger partial charge on any atom is -0.494 e. The maximum atomic E-state index is 6.50. The zero-order valence-corrected chi connectivity index (χ0v) is 20.3. The molecule has 2 aliphatic rings. The van der Waals surface area contributed by atoms with Crippen molar-refractivity contribution in [2.75, 3.05) is 56.3 Å². The van der Waals surface area contributed by atoms with Crippen LogP contribution in [0.5, 0.6) is 5.75 Å². The van der Waals surface area contributed by atoms with Gasteiger partial charge in [-0.05, 0) is 38.1 Å². The molecule has 1 fully saturated rings. The average molecular weight is 470 g/mol. The van der Waals surface area contributed by atoms with E-state index < -0.39 is 0 Å². The Morgan fingerprint density at radius 1 is 1.03 bits per heavy atom. The van der Waals surface area contributed by atoms with Crippen LogP contribution in [0, 0.1) is 0 Å². The highest BCUT2D eigenvalue weighted by Crippen LogP contribution is 2.39. The van der Waals surface area contributed by atoms with Gasteiger partial charge >= 0.3 is 0 Å². The zero-order valence-electron chi connectivity index (χ0n) is 20.3. The lowest BCUT2D eigenvalue weighted by Gasteiger charge is -2.35. The first kappa shape index (κ1) is 21.7. The number of para-hydroxylation sites is 1. The predicted molar refractivity (Wildman–Crippen MR) is 142 cm³/mol. The van der Waals surface area contributed by atoms with Crippen molar-refractivity contribution in [3.8, 4) is 17.0 Å². The molecule has 8 nitrogen and oxygen atoms in total. The Kier molecular flexibility index (Phi) is 5.45. The number of likely N-dealkylation sites (N-methyl/N-ethyl adjacent to an activating group) is 1. The highest BCUT2D eigenvalue weighted by molar-refractivity contribution is 5.97.